The van der Waals surface area contributed by atoms with E-state index in [1.165, 1.54) is 0 Å². The van der Waals surface area contributed by atoms with E-state index in [0.717, 1.165) is 50.2 Å². The Bertz CT molecular complexity index is 650. The molecule has 1 aromatic heterocycles. The zero-order valence-electron chi connectivity index (χ0n) is 12.5. The van der Waals surface area contributed by atoms with Crippen LogP contribution in [0.3, 0.4) is 0 Å². The topological polar surface area (TPSA) is 58.6 Å². The summed E-state index contributed by atoms with van der Waals surface area (Å²) in [7, 11) is 0. The Hall–Kier alpha value is -1.56. The number of rotatable bonds is 5. The first-order chi connectivity index (χ1) is 10.7. The second-order valence-corrected chi connectivity index (χ2v) is 6.07. The number of morpholine rings is 1. The minimum atomic E-state index is -0.0655. The van der Waals surface area contributed by atoms with Crippen LogP contribution in [0.4, 0.5) is 0 Å². The Kier molecular flexibility index (Phi) is 4.97. The van der Waals surface area contributed by atoms with Gasteiger partial charge in [0.05, 0.1) is 19.8 Å². The lowest BCUT2D eigenvalue weighted by molar-refractivity contribution is -0.908. The van der Waals surface area contributed by atoms with Crippen LogP contribution in [-0.2, 0) is 4.74 Å². The van der Waals surface area contributed by atoms with Gasteiger partial charge in [0, 0.05) is 28.9 Å². The highest BCUT2D eigenvalue weighted by Gasteiger charge is 2.13. The van der Waals surface area contributed by atoms with Crippen LogP contribution in [0, 0.1) is 0 Å². The van der Waals surface area contributed by atoms with Crippen molar-refractivity contribution in [1.29, 1.82) is 0 Å². The summed E-state index contributed by atoms with van der Waals surface area (Å²) in [6.07, 6.45) is 0.979. The minimum absolute atomic E-state index is 0.0655. The maximum absolute atomic E-state index is 12.1. The highest BCUT2D eigenvalue weighted by Crippen LogP contribution is 2.19. The molecule has 2 aromatic rings. The van der Waals surface area contributed by atoms with E-state index in [1.54, 1.807) is 4.90 Å². The first kappa shape index (κ1) is 15.3. The summed E-state index contributed by atoms with van der Waals surface area (Å²) in [6.45, 7) is 5.59. The third-order valence-electron chi connectivity index (χ3n) is 4.02. The fraction of sp³-hybridized carbons (Fsp3) is 0.438. The van der Waals surface area contributed by atoms with E-state index in [0.29, 0.717) is 17.3 Å². The van der Waals surface area contributed by atoms with Crippen LogP contribution >= 0.6 is 11.6 Å². The van der Waals surface area contributed by atoms with Gasteiger partial charge >= 0.3 is 0 Å². The molecule has 2 heterocycles. The molecule has 1 aromatic carbocycles. The molecule has 22 heavy (non-hydrogen) atoms. The van der Waals surface area contributed by atoms with Gasteiger partial charge in [0.2, 0.25) is 0 Å². The number of ether oxygens (including phenoxy) is 1. The summed E-state index contributed by atoms with van der Waals surface area (Å²) in [4.78, 5) is 16.8. The van der Waals surface area contributed by atoms with Crippen LogP contribution in [0.1, 0.15) is 16.9 Å². The number of carbonyl (C=O) groups excluding carboxylic acids is 1. The van der Waals surface area contributed by atoms with Crippen molar-refractivity contribution in [2.75, 3.05) is 39.4 Å². The quantitative estimate of drug-likeness (QED) is 0.715. The number of benzene rings is 1. The van der Waals surface area contributed by atoms with Crippen LogP contribution in [0.5, 0.6) is 0 Å². The number of hydrogen-bond donors (Lipinski definition) is 3. The molecule has 0 saturated carbocycles. The molecular formula is C16H21ClN3O2+. The fourth-order valence-corrected chi connectivity index (χ4v) is 2.95. The molecule has 0 bridgehead atoms. The van der Waals surface area contributed by atoms with Crippen molar-refractivity contribution >= 4 is 28.4 Å². The summed E-state index contributed by atoms with van der Waals surface area (Å²) in [5, 5.41) is 4.59. The van der Waals surface area contributed by atoms with E-state index in [2.05, 4.69) is 10.3 Å². The molecule has 6 heteroatoms. The lowest BCUT2D eigenvalue weighted by Gasteiger charge is -2.23. The molecule has 1 amide bonds. The minimum Gasteiger partial charge on any atom is -0.370 e. The first-order valence-electron chi connectivity index (χ1n) is 7.70. The third-order valence-corrected chi connectivity index (χ3v) is 4.26. The van der Waals surface area contributed by atoms with Crippen molar-refractivity contribution in [3.8, 4) is 0 Å². The molecule has 0 radical (unpaired) electrons. The van der Waals surface area contributed by atoms with Gasteiger partial charge in [-0.1, -0.05) is 11.6 Å². The average molecular weight is 323 g/mol. The Morgan fingerprint density at radius 3 is 2.95 bits per heavy atom. The van der Waals surface area contributed by atoms with Gasteiger partial charge in [-0.05, 0) is 24.3 Å². The summed E-state index contributed by atoms with van der Waals surface area (Å²) in [5.41, 5.74) is 1.50. The summed E-state index contributed by atoms with van der Waals surface area (Å²) in [5.74, 6) is -0.0655. The summed E-state index contributed by atoms with van der Waals surface area (Å²) < 4.78 is 5.34. The Morgan fingerprint density at radius 1 is 1.32 bits per heavy atom. The zero-order chi connectivity index (χ0) is 15.4. The highest BCUT2D eigenvalue weighted by molar-refractivity contribution is 6.31. The second kappa shape index (κ2) is 7.13. The number of fused-ring (bicyclic) bond motifs is 1. The van der Waals surface area contributed by atoms with E-state index in [1.807, 2.05) is 24.3 Å². The molecule has 118 valence electrons. The van der Waals surface area contributed by atoms with Gasteiger partial charge in [-0.2, -0.15) is 0 Å². The molecular weight excluding hydrogens is 302 g/mol. The van der Waals surface area contributed by atoms with Crippen molar-refractivity contribution in [1.82, 2.24) is 10.3 Å². The molecule has 1 saturated heterocycles. The van der Waals surface area contributed by atoms with Gasteiger partial charge in [-0.25, -0.2) is 0 Å². The highest BCUT2D eigenvalue weighted by atomic mass is 35.5. The summed E-state index contributed by atoms with van der Waals surface area (Å²) in [6, 6.07) is 7.39. The molecule has 5 nitrogen and oxygen atoms in total. The second-order valence-electron chi connectivity index (χ2n) is 5.64. The van der Waals surface area contributed by atoms with E-state index >= 15 is 0 Å². The van der Waals surface area contributed by atoms with Crippen LogP contribution in [0.25, 0.3) is 10.9 Å². The SMILES string of the molecule is O=C(NCCC[NH+]1CCOCC1)c1cc2cc(Cl)ccc2[nH]1. The van der Waals surface area contributed by atoms with Gasteiger partial charge in [-0.15, -0.1) is 0 Å². The predicted octanol–water partition coefficient (Wildman–Crippen LogP) is 0.856. The largest absolute Gasteiger partial charge is 0.370 e. The Morgan fingerprint density at radius 2 is 2.14 bits per heavy atom. The zero-order valence-corrected chi connectivity index (χ0v) is 13.2. The van der Waals surface area contributed by atoms with Crippen molar-refractivity contribution in [3.05, 3.63) is 35.0 Å². The number of quaternary nitrogens is 1. The van der Waals surface area contributed by atoms with E-state index in [4.69, 9.17) is 16.3 Å². The molecule has 1 aliphatic rings. The maximum atomic E-state index is 12.1. The van der Waals surface area contributed by atoms with Gasteiger partial charge in [0.15, 0.2) is 0 Å². The van der Waals surface area contributed by atoms with Gasteiger partial charge in [0.1, 0.15) is 18.8 Å². The molecule has 0 spiro atoms. The Labute approximate surface area is 134 Å². The van der Waals surface area contributed by atoms with E-state index in [-0.39, 0.29) is 5.91 Å². The maximum Gasteiger partial charge on any atom is 0.267 e. The Balaban J connectivity index is 1.48. The molecule has 1 fully saturated rings. The van der Waals surface area contributed by atoms with Crippen molar-refractivity contribution in [2.24, 2.45) is 0 Å². The van der Waals surface area contributed by atoms with Crippen LogP contribution in [-0.4, -0.2) is 50.3 Å². The van der Waals surface area contributed by atoms with Crippen molar-refractivity contribution in [3.63, 3.8) is 0 Å². The van der Waals surface area contributed by atoms with Gasteiger partial charge in [0.25, 0.3) is 5.91 Å². The van der Waals surface area contributed by atoms with Crippen LogP contribution < -0.4 is 10.2 Å². The lowest BCUT2D eigenvalue weighted by Crippen LogP contribution is -3.14. The number of nitrogens with one attached hydrogen (secondary N) is 3. The lowest BCUT2D eigenvalue weighted by atomic mass is 10.2. The normalized spacial score (nSPS) is 16.0. The fourth-order valence-electron chi connectivity index (χ4n) is 2.77. The molecule has 3 rings (SSSR count). The molecule has 0 aliphatic carbocycles. The molecule has 1 aliphatic heterocycles. The number of aromatic amines is 1. The number of aromatic nitrogens is 1. The standard InChI is InChI=1S/C16H20ClN3O2/c17-13-2-3-14-12(10-13)11-15(19-14)16(21)18-4-1-5-20-6-8-22-9-7-20/h2-3,10-11,19H,1,4-9H2,(H,18,21)/p+1. The average Bonchev–Trinajstić information content (AvgIpc) is 2.95. The predicted molar refractivity (Wildman–Crippen MR) is 86.6 cm³/mol. The number of H-pyrrole nitrogens is 1. The van der Waals surface area contributed by atoms with Crippen LogP contribution in [0.2, 0.25) is 5.02 Å². The van der Waals surface area contributed by atoms with Gasteiger partial charge in [-0.3, -0.25) is 4.79 Å². The monoisotopic (exact) mass is 322 g/mol. The van der Waals surface area contributed by atoms with E-state index in [9.17, 15) is 4.79 Å². The number of hydrogen-bond acceptors (Lipinski definition) is 2. The van der Waals surface area contributed by atoms with Gasteiger partial charge < -0.3 is 19.9 Å². The number of halogens is 1. The summed E-state index contributed by atoms with van der Waals surface area (Å²) >= 11 is 5.96. The molecule has 3 N–H and O–H groups in total. The third kappa shape index (κ3) is 3.80. The number of carbonyl (C=O) groups is 1. The molecule has 0 atom stereocenters. The smallest absolute Gasteiger partial charge is 0.267 e. The van der Waals surface area contributed by atoms with Crippen molar-refractivity contribution in [2.45, 2.75) is 6.42 Å². The number of amides is 1. The first-order valence-corrected chi connectivity index (χ1v) is 8.08. The van der Waals surface area contributed by atoms with Crippen LogP contribution in [0.15, 0.2) is 24.3 Å². The molecule has 0 unspecified atom stereocenters. The van der Waals surface area contributed by atoms with Crippen molar-refractivity contribution < 1.29 is 14.4 Å². The van der Waals surface area contributed by atoms with E-state index < -0.39 is 0 Å².